The van der Waals surface area contributed by atoms with Crippen molar-refractivity contribution >= 4 is 78.3 Å². The molecular weight excluding hydrogens is 411 g/mol. The molecule has 0 bridgehead atoms. The molecule has 0 saturated carbocycles. The molecule has 1 aromatic rings. The molecule has 0 atom stereocenters. The van der Waals surface area contributed by atoms with E-state index in [2.05, 4.69) is 42.5 Å². The van der Waals surface area contributed by atoms with Gasteiger partial charge in [-0.15, -0.1) is 0 Å². The highest BCUT2D eigenvalue weighted by Gasteiger charge is 2.11. The van der Waals surface area contributed by atoms with Crippen LogP contribution < -0.4 is 10.6 Å². The SMILES string of the molecule is O=C(CBr)Nc1cc(Cl)c(NC(=O)CBr)cc1Cl. The number of hydrogen-bond donors (Lipinski definition) is 2. The molecule has 0 aliphatic carbocycles. The van der Waals surface area contributed by atoms with Crippen molar-refractivity contribution in [2.24, 2.45) is 0 Å². The van der Waals surface area contributed by atoms with Crippen LogP contribution in [0.4, 0.5) is 11.4 Å². The zero-order valence-electron chi connectivity index (χ0n) is 8.90. The summed E-state index contributed by atoms with van der Waals surface area (Å²) in [6.07, 6.45) is 0. The quantitative estimate of drug-likeness (QED) is 0.733. The van der Waals surface area contributed by atoms with Crippen molar-refractivity contribution in [3.8, 4) is 0 Å². The van der Waals surface area contributed by atoms with Crippen LogP contribution in [0.5, 0.6) is 0 Å². The van der Waals surface area contributed by atoms with Gasteiger partial charge < -0.3 is 10.6 Å². The van der Waals surface area contributed by atoms with Crippen molar-refractivity contribution in [3.63, 3.8) is 0 Å². The Morgan fingerprint density at radius 1 is 0.944 bits per heavy atom. The molecule has 0 heterocycles. The molecule has 0 aliphatic heterocycles. The van der Waals surface area contributed by atoms with E-state index in [1.807, 2.05) is 0 Å². The molecule has 0 unspecified atom stereocenters. The first-order valence-electron chi connectivity index (χ1n) is 4.68. The van der Waals surface area contributed by atoms with E-state index in [4.69, 9.17) is 23.2 Å². The Kier molecular flexibility index (Phi) is 6.42. The van der Waals surface area contributed by atoms with Crippen LogP contribution >= 0.6 is 55.1 Å². The molecule has 0 aromatic heterocycles. The molecule has 1 aromatic carbocycles. The Bertz CT molecular complexity index is 439. The first kappa shape index (κ1) is 15.8. The van der Waals surface area contributed by atoms with Crippen LogP contribution in [0.3, 0.4) is 0 Å². The summed E-state index contributed by atoms with van der Waals surface area (Å²) in [5.74, 6) is -0.490. The summed E-state index contributed by atoms with van der Waals surface area (Å²) in [6.45, 7) is 0. The number of rotatable bonds is 4. The van der Waals surface area contributed by atoms with E-state index in [1.165, 1.54) is 12.1 Å². The normalized spacial score (nSPS) is 10.0. The van der Waals surface area contributed by atoms with Gasteiger partial charge in [-0.05, 0) is 12.1 Å². The molecular formula is C10H8Br2Cl2N2O2. The van der Waals surface area contributed by atoms with Crippen molar-refractivity contribution < 1.29 is 9.59 Å². The highest BCUT2D eigenvalue weighted by atomic mass is 79.9. The Morgan fingerprint density at radius 2 is 1.28 bits per heavy atom. The third kappa shape index (κ3) is 4.42. The average molecular weight is 419 g/mol. The third-order valence-corrected chi connectivity index (χ3v) is 3.49. The summed E-state index contributed by atoms with van der Waals surface area (Å²) in [4.78, 5) is 22.4. The summed E-state index contributed by atoms with van der Waals surface area (Å²) >= 11 is 18.0. The second kappa shape index (κ2) is 7.33. The van der Waals surface area contributed by atoms with Crippen LogP contribution in [0, 0.1) is 0 Å². The molecule has 18 heavy (non-hydrogen) atoms. The molecule has 98 valence electrons. The van der Waals surface area contributed by atoms with Gasteiger partial charge in [0, 0.05) is 0 Å². The number of alkyl halides is 2. The van der Waals surface area contributed by atoms with Crippen LogP contribution in [0.2, 0.25) is 10.0 Å². The van der Waals surface area contributed by atoms with Gasteiger partial charge in [0.25, 0.3) is 0 Å². The molecule has 1 rings (SSSR count). The largest absolute Gasteiger partial charge is 0.324 e. The van der Waals surface area contributed by atoms with Gasteiger partial charge in [-0.3, -0.25) is 9.59 Å². The molecule has 0 aliphatic rings. The fourth-order valence-corrected chi connectivity index (χ4v) is 1.81. The number of halogens is 4. The molecule has 0 saturated heterocycles. The predicted molar refractivity (Wildman–Crippen MR) is 81.3 cm³/mol. The molecule has 0 fully saturated rings. The summed E-state index contributed by atoms with van der Waals surface area (Å²) in [6, 6.07) is 2.96. The minimum atomic E-state index is -0.245. The Labute approximate surface area is 131 Å². The third-order valence-electron chi connectivity index (χ3n) is 1.85. The van der Waals surface area contributed by atoms with Gasteiger partial charge in [0.15, 0.2) is 0 Å². The minimum absolute atomic E-state index is 0.156. The number of carbonyl (C=O) groups is 2. The van der Waals surface area contributed by atoms with Crippen molar-refractivity contribution in [2.75, 3.05) is 21.3 Å². The highest BCUT2D eigenvalue weighted by molar-refractivity contribution is 9.09. The average Bonchev–Trinajstić information content (AvgIpc) is 2.34. The topological polar surface area (TPSA) is 58.2 Å². The van der Waals surface area contributed by atoms with Crippen molar-refractivity contribution in [1.82, 2.24) is 0 Å². The molecule has 4 nitrogen and oxygen atoms in total. The maximum atomic E-state index is 11.2. The van der Waals surface area contributed by atoms with Gasteiger partial charge in [-0.25, -0.2) is 0 Å². The molecule has 0 spiro atoms. The molecule has 2 N–H and O–H groups in total. The highest BCUT2D eigenvalue weighted by Crippen LogP contribution is 2.32. The van der Waals surface area contributed by atoms with Gasteiger partial charge in [0.2, 0.25) is 11.8 Å². The molecule has 2 amide bonds. The van der Waals surface area contributed by atoms with Crippen LogP contribution in [-0.2, 0) is 9.59 Å². The van der Waals surface area contributed by atoms with Crippen LogP contribution in [0.1, 0.15) is 0 Å². The zero-order chi connectivity index (χ0) is 13.7. The summed E-state index contributed by atoms with van der Waals surface area (Å²) in [7, 11) is 0. The summed E-state index contributed by atoms with van der Waals surface area (Å²) in [5.41, 5.74) is 0.783. The van der Waals surface area contributed by atoms with Crippen molar-refractivity contribution in [2.45, 2.75) is 0 Å². The van der Waals surface area contributed by atoms with Gasteiger partial charge in [0.05, 0.1) is 32.1 Å². The van der Waals surface area contributed by atoms with E-state index >= 15 is 0 Å². The van der Waals surface area contributed by atoms with E-state index < -0.39 is 0 Å². The lowest BCUT2D eigenvalue weighted by molar-refractivity contribution is -0.114. The Balaban J connectivity index is 2.96. The van der Waals surface area contributed by atoms with E-state index in [1.54, 1.807) is 0 Å². The number of hydrogen-bond acceptors (Lipinski definition) is 2. The van der Waals surface area contributed by atoms with Gasteiger partial charge in [-0.2, -0.15) is 0 Å². The lowest BCUT2D eigenvalue weighted by Gasteiger charge is -2.11. The smallest absolute Gasteiger partial charge is 0.235 e. The fourth-order valence-electron chi connectivity index (χ4n) is 1.11. The van der Waals surface area contributed by atoms with Crippen LogP contribution in [-0.4, -0.2) is 22.5 Å². The van der Waals surface area contributed by atoms with Crippen molar-refractivity contribution in [3.05, 3.63) is 22.2 Å². The molecule has 8 heteroatoms. The lowest BCUT2D eigenvalue weighted by atomic mass is 10.2. The van der Waals surface area contributed by atoms with E-state index in [0.717, 1.165) is 0 Å². The standard InChI is InChI=1S/C10H8Br2Cl2N2O2/c11-3-9(17)15-7-1-5(13)8(2-6(7)14)16-10(18)4-12/h1-2H,3-4H2,(H,15,17)(H,16,18). The van der Waals surface area contributed by atoms with E-state index in [0.29, 0.717) is 21.4 Å². The first-order chi connectivity index (χ1) is 8.47. The van der Waals surface area contributed by atoms with Crippen LogP contribution in [0.25, 0.3) is 0 Å². The maximum Gasteiger partial charge on any atom is 0.235 e. The zero-order valence-corrected chi connectivity index (χ0v) is 13.6. The molecule has 0 radical (unpaired) electrons. The number of anilines is 2. The second-order valence-corrected chi connectivity index (χ2v) is 5.11. The van der Waals surface area contributed by atoms with Gasteiger partial charge in [0.1, 0.15) is 0 Å². The summed E-state index contributed by atoms with van der Waals surface area (Å²) in [5, 5.41) is 6.03. The second-order valence-electron chi connectivity index (χ2n) is 3.18. The predicted octanol–water partition coefficient (Wildman–Crippen LogP) is 3.66. The summed E-state index contributed by atoms with van der Waals surface area (Å²) < 4.78 is 0. The van der Waals surface area contributed by atoms with Gasteiger partial charge in [-0.1, -0.05) is 55.1 Å². The number of benzene rings is 1. The fraction of sp³-hybridized carbons (Fsp3) is 0.200. The first-order valence-corrected chi connectivity index (χ1v) is 7.68. The van der Waals surface area contributed by atoms with E-state index in [9.17, 15) is 9.59 Å². The maximum absolute atomic E-state index is 11.2. The number of nitrogens with one attached hydrogen (secondary N) is 2. The lowest BCUT2D eigenvalue weighted by Crippen LogP contribution is -2.14. The van der Waals surface area contributed by atoms with Gasteiger partial charge >= 0.3 is 0 Å². The Hall–Kier alpha value is -0.300. The van der Waals surface area contributed by atoms with E-state index in [-0.39, 0.29) is 22.5 Å². The number of amides is 2. The monoisotopic (exact) mass is 416 g/mol. The van der Waals surface area contributed by atoms with Crippen LogP contribution in [0.15, 0.2) is 12.1 Å². The minimum Gasteiger partial charge on any atom is -0.324 e. The Morgan fingerprint density at radius 3 is 1.56 bits per heavy atom. The number of carbonyl (C=O) groups excluding carboxylic acids is 2. The van der Waals surface area contributed by atoms with Crippen molar-refractivity contribution in [1.29, 1.82) is 0 Å².